The fourth-order valence-corrected chi connectivity index (χ4v) is 5.34. The molecule has 3 atom stereocenters. The molecule has 0 saturated heterocycles. The van der Waals surface area contributed by atoms with Crippen LogP contribution in [0.4, 0.5) is 5.95 Å². The zero-order valence-corrected chi connectivity index (χ0v) is 15.7. The summed E-state index contributed by atoms with van der Waals surface area (Å²) in [5, 5.41) is 5.53. The second-order valence-corrected chi connectivity index (χ2v) is 8.25. The maximum Gasteiger partial charge on any atom is 0.208 e. The first-order valence-electron chi connectivity index (χ1n) is 9.35. The molecule has 5 nitrogen and oxygen atoms in total. The number of carbonyl (C=O) groups is 1. The monoisotopic (exact) mass is 387 g/mol. The molecule has 0 radical (unpaired) electrons. The number of nitrogens with one attached hydrogen (secondary N) is 1. The standard InChI is InChI=1S/C22H17N3O2S/c26-17-12-13(18-7-3-9-27-18)11-15-20(17)21(19-8-4-10-28-19)25-16-6-2-1-5-14(16)23-22(25)24-15/h1-11,13,20-21H,12H2,(H,23,24)/t13-,20-,21-/m1/s1. The van der Waals surface area contributed by atoms with Gasteiger partial charge < -0.3 is 14.3 Å². The Morgan fingerprint density at radius 2 is 2.07 bits per heavy atom. The summed E-state index contributed by atoms with van der Waals surface area (Å²) in [5.74, 6) is 1.56. The highest BCUT2D eigenvalue weighted by Crippen LogP contribution is 2.47. The molecule has 0 amide bonds. The number of rotatable bonds is 2. The van der Waals surface area contributed by atoms with E-state index in [-0.39, 0.29) is 23.7 Å². The molecule has 1 aliphatic carbocycles. The van der Waals surface area contributed by atoms with Crippen molar-refractivity contribution >= 4 is 34.1 Å². The Kier molecular flexibility index (Phi) is 3.37. The van der Waals surface area contributed by atoms with Crippen LogP contribution in [-0.4, -0.2) is 15.3 Å². The van der Waals surface area contributed by atoms with Crippen LogP contribution >= 0.6 is 11.3 Å². The summed E-state index contributed by atoms with van der Waals surface area (Å²) in [6, 6.07) is 16.0. The van der Waals surface area contributed by atoms with E-state index >= 15 is 0 Å². The lowest BCUT2D eigenvalue weighted by Gasteiger charge is -2.38. The Labute approximate surface area is 165 Å². The Morgan fingerprint density at radius 3 is 2.89 bits per heavy atom. The third-order valence-electron chi connectivity index (χ3n) is 5.67. The van der Waals surface area contributed by atoms with Crippen LogP contribution in [0.25, 0.3) is 11.0 Å². The number of fused-ring (bicyclic) bond motifs is 4. The van der Waals surface area contributed by atoms with E-state index in [1.807, 2.05) is 36.4 Å². The SMILES string of the molecule is O=C1C[C@H](c2ccco2)C=C2Nc3nc4ccccc4n3[C@H](c3cccs3)[C@@H]12. The minimum atomic E-state index is -0.241. The first kappa shape index (κ1) is 15.9. The Bertz CT molecular complexity index is 1200. The molecule has 4 aromatic rings. The summed E-state index contributed by atoms with van der Waals surface area (Å²) in [7, 11) is 0. The zero-order valence-electron chi connectivity index (χ0n) is 14.9. The van der Waals surface area contributed by atoms with Crippen molar-refractivity contribution in [2.45, 2.75) is 18.4 Å². The molecule has 1 aliphatic heterocycles. The van der Waals surface area contributed by atoms with E-state index in [9.17, 15) is 4.79 Å². The van der Waals surface area contributed by atoms with E-state index in [2.05, 4.69) is 33.5 Å². The van der Waals surface area contributed by atoms with E-state index in [4.69, 9.17) is 9.40 Å². The van der Waals surface area contributed by atoms with Gasteiger partial charge in [0.1, 0.15) is 11.5 Å². The quantitative estimate of drug-likeness (QED) is 0.528. The summed E-state index contributed by atoms with van der Waals surface area (Å²) in [6.07, 6.45) is 4.26. The maximum absolute atomic E-state index is 13.4. The molecule has 28 heavy (non-hydrogen) atoms. The topological polar surface area (TPSA) is 60.1 Å². The second-order valence-electron chi connectivity index (χ2n) is 7.27. The van der Waals surface area contributed by atoms with Crippen molar-refractivity contribution in [3.63, 3.8) is 0 Å². The molecule has 2 aliphatic rings. The van der Waals surface area contributed by atoms with Crippen molar-refractivity contribution in [2.24, 2.45) is 5.92 Å². The average Bonchev–Trinajstić information content (AvgIpc) is 3.46. The highest BCUT2D eigenvalue weighted by molar-refractivity contribution is 7.10. The van der Waals surface area contributed by atoms with E-state index in [0.29, 0.717) is 6.42 Å². The molecule has 1 aromatic carbocycles. The molecule has 3 aromatic heterocycles. The van der Waals surface area contributed by atoms with Gasteiger partial charge in [0.25, 0.3) is 0 Å². The number of anilines is 1. The highest BCUT2D eigenvalue weighted by Gasteiger charge is 2.44. The number of ketones is 1. The number of carbonyl (C=O) groups excluding carboxylic acids is 1. The van der Waals surface area contributed by atoms with Crippen LogP contribution in [0.1, 0.15) is 29.0 Å². The van der Waals surface area contributed by atoms with Crippen molar-refractivity contribution in [3.05, 3.63) is 82.6 Å². The fourth-order valence-electron chi connectivity index (χ4n) is 4.49. The Balaban J connectivity index is 1.57. The van der Waals surface area contributed by atoms with E-state index in [0.717, 1.165) is 28.4 Å². The van der Waals surface area contributed by atoms with E-state index in [1.165, 1.54) is 4.88 Å². The van der Waals surface area contributed by atoms with Crippen molar-refractivity contribution < 1.29 is 9.21 Å². The van der Waals surface area contributed by atoms with Gasteiger partial charge in [-0.05, 0) is 35.7 Å². The number of thiophene rings is 1. The number of furan rings is 1. The largest absolute Gasteiger partial charge is 0.469 e. The Morgan fingerprint density at radius 1 is 1.14 bits per heavy atom. The molecule has 1 N–H and O–H groups in total. The number of aromatic nitrogens is 2. The van der Waals surface area contributed by atoms with Gasteiger partial charge in [-0.1, -0.05) is 24.3 Å². The van der Waals surface area contributed by atoms with Crippen molar-refractivity contribution in [3.8, 4) is 0 Å². The van der Waals surface area contributed by atoms with Gasteiger partial charge in [0.05, 0.1) is 29.3 Å². The molecule has 0 fully saturated rings. The molecular formula is C22H17N3O2S. The van der Waals surface area contributed by atoms with Crippen molar-refractivity contribution in [1.29, 1.82) is 0 Å². The van der Waals surface area contributed by atoms with Gasteiger partial charge in [-0.2, -0.15) is 0 Å². The molecule has 4 heterocycles. The van der Waals surface area contributed by atoms with Crippen LogP contribution in [0, 0.1) is 5.92 Å². The third-order valence-corrected chi connectivity index (χ3v) is 6.62. The molecule has 6 rings (SSSR count). The van der Waals surface area contributed by atoms with Crippen LogP contribution in [0.5, 0.6) is 0 Å². The number of allylic oxidation sites excluding steroid dienone is 2. The van der Waals surface area contributed by atoms with Crippen LogP contribution in [-0.2, 0) is 4.79 Å². The first-order chi connectivity index (χ1) is 13.8. The average molecular weight is 387 g/mol. The third kappa shape index (κ3) is 2.24. The second kappa shape index (κ2) is 5.94. The van der Waals surface area contributed by atoms with Crippen LogP contribution in [0.3, 0.4) is 0 Å². The summed E-state index contributed by atoms with van der Waals surface area (Å²) in [5.41, 5.74) is 2.91. The molecule has 0 bridgehead atoms. The van der Waals surface area contributed by atoms with Crippen LogP contribution in [0.15, 0.2) is 76.4 Å². The van der Waals surface area contributed by atoms with E-state index in [1.54, 1.807) is 17.6 Å². The molecule has 138 valence electrons. The van der Waals surface area contributed by atoms with Gasteiger partial charge in [0.15, 0.2) is 0 Å². The molecule has 0 unspecified atom stereocenters. The highest BCUT2D eigenvalue weighted by atomic mass is 32.1. The predicted octanol–water partition coefficient (Wildman–Crippen LogP) is 4.96. The number of benzene rings is 1. The lowest BCUT2D eigenvalue weighted by Crippen LogP contribution is -2.39. The summed E-state index contributed by atoms with van der Waals surface area (Å²) in [4.78, 5) is 19.3. The minimum Gasteiger partial charge on any atom is -0.469 e. The molecular weight excluding hydrogens is 370 g/mol. The summed E-state index contributed by atoms with van der Waals surface area (Å²) in [6.45, 7) is 0. The van der Waals surface area contributed by atoms with E-state index < -0.39 is 0 Å². The molecule has 0 spiro atoms. The first-order valence-corrected chi connectivity index (χ1v) is 10.2. The summed E-state index contributed by atoms with van der Waals surface area (Å²) < 4.78 is 7.76. The lowest BCUT2D eigenvalue weighted by atomic mass is 9.78. The number of hydrogen-bond acceptors (Lipinski definition) is 5. The van der Waals surface area contributed by atoms with Gasteiger partial charge in [-0.15, -0.1) is 11.3 Å². The number of Topliss-reactive ketones (excluding diaryl/α,β-unsaturated/α-hetero) is 1. The Hall–Kier alpha value is -3.12. The number of para-hydroxylation sites is 2. The van der Waals surface area contributed by atoms with Gasteiger partial charge in [0, 0.05) is 22.9 Å². The fraction of sp³-hybridized carbons (Fsp3) is 0.182. The zero-order chi connectivity index (χ0) is 18.7. The number of imidazole rings is 1. The van der Waals surface area contributed by atoms with Gasteiger partial charge in [-0.25, -0.2) is 4.98 Å². The van der Waals surface area contributed by atoms with Gasteiger partial charge in [-0.3, -0.25) is 4.79 Å². The van der Waals surface area contributed by atoms with Crippen molar-refractivity contribution in [2.75, 3.05) is 5.32 Å². The van der Waals surface area contributed by atoms with Crippen LogP contribution < -0.4 is 5.32 Å². The maximum atomic E-state index is 13.4. The number of hydrogen-bond donors (Lipinski definition) is 1. The van der Waals surface area contributed by atoms with Crippen molar-refractivity contribution in [1.82, 2.24) is 9.55 Å². The molecule has 0 saturated carbocycles. The van der Waals surface area contributed by atoms with Crippen LogP contribution in [0.2, 0.25) is 0 Å². The van der Waals surface area contributed by atoms with Gasteiger partial charge >= 0.3 is 0 Å². The number of nitrogens with zero attached hydrogens (tertiary/aromatic N) is 2. The normalized spacial score (nSPS) is 23.8. The minimum absolute atomic E-state index is 0.0406. The van der Waals surface area contributed by atoms with Gasteiger partial charge in [0.2, 0.25) is 5.95 Å². The summed E-state index contributed by atoms with van der Waals surface area (Å²) >= 11 is 1.69. The predicted molar refractivity (Wildman–Crippen MR) is 108 cm³/mol. The smallest absolute Gasteiger partial charge is 0.208 e. The molecule has 6 heteroatoms. The lowest BCUT2D eigenvalue weighted by molar-refractivity contribution is -0.123.